The van der Waals surface area contributed by atoms with E-state index in [9.17, 15) is 9.59 Å². The SMILES string of the molecule is O=C(NCc1sccc1Br)Nc1c(Br)cccc1C(=O)O. The van der Waals surface area contributed by atoms with Gasteiger partial charge in [0.25, 0.3) is 0 Å². The number of aromatic carboxylic acids is 1. The van der Waals surface area contributed by atoms with Gasteiger partial charge in [-0.05, 0) is 55.4 Å². The predicted octanol–water partition coefficient (Wildman–Crippen LogP) is 4.29. The molecule has 1 aromatic carbocycles. The molecule has 2 rings (SSSR count). The van der Waals surface area contributed by atoms with E-state index in [1.165, 1.54) is 17.4 Å². The lowest BCUT2D eigenvalue weighted by atomic mass is 10.2. The first kappa shape index (κ1) is 16.0. The Bertz CT molecular complexity index is 688. The lowest BCUT2D eigenvalue weighted by Gasteiger charge is -2.11. The van der Waals surface area contributed by atoms with Crippen LogP contribution in [0.5, 0.6) is 0 Å². The molecule has 5 nitrogen and oxygen atoms in total. The molecule has 3 N–H and O–H groups in total. The molecule has 2 amide bonds. The van der Waals surface area contributed by atoms with Gasteiger partial charge in [-0.3, -0.25) is 0 Å². The Balaban J connectivity index is 2.06. The van der Waals surface area contributed by atoms with Crippen molar-refractivity contribution in [3.63, 3.8) is 0 Å². The van der Waals surface area contributed by atoms with Crippen LogP contribution in [-0.2, 0) is 6.54 Å². The average molecular weight is 434 g/mol. The van der Waals surface area contributed by atoms with E-state index < -0.39 is 12.0 Å². The number of para-hydroxylation sites is 1. The van der Waals surface area contributed by atoms with Crippen molar-refractivity contribution in [1.82, 2.24) is 5.32 Å². The van der Waals surface area contributed by atoms with Crippen LogP contribution in [0.4, 0.5) is 10.5 Å². The number of halogens is 2. The summed E-state index contributed by atoms with van der Waals surface area (Å²) in [6.45, 7) is 0.358. The topological polar surface area (TPSA) is 78.4 Å². The molecule has 0 saturated heterocycles. The molecule has 0 bridgehead atoms. The number of urea groups is 1. The molecule has 0 aliphatic carbocycles. The summed E-state index contributed by atoms with van der Waals surface area (Å²) in [6, 6.07) is 6.12. The molecular formula is C13H10Br2N2O3S. The van der Waals surface area contributed by atoms with Crippen LogP contribution in [0, 0.1) is 0 Å². The first-order valence-electron chi connectivity index (χ1n) is 5.77. The third-order valence-electron chi connectivity index (χ3n) is 2.58. The zero-order chi connectivity index (χ0) is 15.4. The van der Waals surface area contributed by atoms with Crippen LogP contribution in [0.1, 0.15) is 15.2 Å². The van der Waals surface area contributed by atoms with Gasteiger partial charge >= 0.3 is 12.0 Å². The van der Waals surface area contributed by atoms with Crippen molar-refractivity contribution in [2.24, 2.45) is 0 Å². The summed E-state index contributed by atoms with van der Waals surface area (Å²) in [4.78, 5) is 24.0. The Kier molecular flexibility index (Phi) is 5.38. The molecule has 0 saturated carbocycles. The van der Waals surface area contributed by atoms with E-state index in [4.69, 9.17) is 5.11 Å². The fraction of sp³-hybridized carbons (Fsp3) is 0.0769. The van der Waals surface area contributed by atoms with Crippen molar-refractivity contribution in [3.05, 3.63) is 49.0 Å². The number of carboxylic acid groups (broad SMARTS) is 1. The molecule has 110 valence electrons. The van der Waals surface area contributed by atoms with Gasteiger partial charge < -0.3 is 15.7 Å². The Hall–Kier alpha value is -1.38. The van der Waals surface area contributed by atoms with E-state index in [1.807, 2.05) is 11.4 Å². The van der Waals surface area contributed by atoms with E-state index in [0.29, 0.717) is 11.0 Å². The number of amides is 2. The van der Waals surface area contributed by atoms with Crippen molar-refractivity contribution in [2.75, 3.05) is 5.32 Å². The number of nitrogens with one attached hydrogen (secondary N) is 2. The highest BCUT2D eigenvalue weighted by Crippen LogP contribution is 2.26. The van der Waals surface area contributed by atoms with Crippen LogP contribution in [0.2, 0.25) is 0 Å². The number of hydrogen-bond donors (Lipinski definition) is 3. The first-order chi connectivity index (χ1) is 9.99. The van der Waals surface area contributed by atoms with Gasteiger partial charge in [0.05, 0.1) is 17.8 Å². The Morgan fingerprint density at radius 2 is 1.95 bits per heavy atom. The van der Waals surface area contributed by atoms with Crippen LogP contribution in [0.3, 0.4) is 0 Å². The highest BCUT2D eigenvalue weighted by Gasteiger charge is 2.15. The van der Waals surface area contributed by atoms with Crippen LogP contribution in [0.15, 0.2) is 38.6 Å². The summed E-state index contributed by atoms with van der Waals surface area (Å²) < 4.78 is 1.44. The molecule has 0 aliphatic rings. The molecule has 0 unspecified atom stereocenters. The normalized spacial score (nSPS) is 10.2. The highest BCUT2D eigenvalue weighted by atomic mass is 79.9. The van der Waals surface area contributed by atoms with E-state index >= 15 is 0 Å². The summed E-state index contributed by atoms with van der Waals surface area (Å²) in [5.74, 6) is -1.10. The first-order valence-corrected chi connectivity index (χ1v) is 8.24. The maximum atomic E-state index is 11.9. The zero-order valence-corrected chi connectivity index (χ0v) is 14.5. The van der Waals surface area contributed by atoms with Gasteiger partial charge in [-0.15, -0.1) is 11.3 Å². The summed E-state index contributed by atoms with van der Waals surface area (Å²) in [6.07, 6.45) is 0. The van der Waals surface area contributed by atoms with Crippen LogP contribution in [-0.4, -0.2) is 17.1 Å². The van der Waals surface area contributed by atoms with Crippen molar-refractivity contribution in [3.8, 4) is 0 Å². The van der Waals surface area contributed by atoms with Crippen molar-refractivity contribution >= 4 is 60.9 Å². The van der Waals surface area contributed by atoms with E-state index in [-0.39, 0.29) is 11.3 Å². The largest absolute Gasteiger partial charge is 0.478 e. The van der Waals surface area contributed by atoms with E-state index in [1.54, 1.807) is 12.1 Å². The molecule has 0 fully saturated rings. The molecular weight excluding hydrogens is 424 g/mol. The molecule has 0 aliphatic heterocycles. The lowest BCUT2D eigenvalue weighted by Crippen LogP contribution is -2.28. The highest BCUT2D eigenvalue weighted by molar-refractivity contribution is 9.11. The molecule has 2 aromatic rings. The molecule has 0 spiro atoms. The standard InChI is InChI=1S/C13H10Br2N2O3S/c14-8-4-5-21-10(8)6-16-13(20)17-11-7(12(18)19)2-1-3-9(11)15/h1-5H,6H2,(H,18,19)(H2,16,17,20). The van der Waals surface area contributed by atoms with Gasteiger partial charge in [0.1, 0.15) is 0 Å². The lowest BCUT2D eigenvalue weighted by molar-refractivity contribution is 0.0698. The van der Waals surface area contributed by atoms with Crippen molar-refractivity contribution in [1.29, 1.82) is 0 Å². The molecule has 8 heteroatoms. The number of carboxylic acids is 1. The van der Waals surface area contributed by atoms with Crippen molar-refractivity contribution < 1.29 is 14.7 Å². The smallest absolute Gasteiger partial charge is 0.337 e. The van der Waals surface area contributed by atoms with E-state index in [0.717, 1.165) is 9.35 Å². The van der Waals surface area contributed by atoms with Gasteiger partial charge in [0.15, 0.2) is 0 Å². The van der Waals surface area contributed by atoms with Crippen LogP contribution < -0.4 is 10.6 Å². The number of anilines is 1. The van der Waals surface area contributed by atoms with Gasteiger partial charge in [-0.1, -0.05) is 6.07 Å². The number of hydrogen-bond acceptors (Lipinski definition) is 3. The van der Waals surface area contributed by atoms with Gasteiger partial charge in [0, 0.05) is 13.8 Å². The van der Waals surface area contributed by atoms with Crippen LogP contribution >= 0.6 is 43.2 Å². The van der Waals surface area contributed by atoms with Gasteiger partial charge in [-0.2, -0.15) is 0 Å². The minimum absolute atomic E-state index is 0.0248. The van der Waals surface area contributed by atoms with E-state index in [2.05, 4.69) is 42.5 Å². The second kappa shape index (κ2) is 7.06. The zero-order valence-electron chi connectivity index (χ0n) is 10.5. The molecule has 0 radical (unpaired) electrons. The number of benzene rings is 1. The molecule has 21 heavy (non-hydrogen) atoms. The third-order valence-corrected chi connectivity index (χ3v) is 5.17. The summed E-state index contributed by atoms with van der Waals surface area (Å²) >= 11 is 8.13. The minimum atomic E-state index is -1.10. The minimum Gasteiger partial charge on any atom is -0.478 e. The second-order valence-corrected chi connectivity index (χ2v) is 6.68. The van der Waals surface area contributed by atoms with Gasteiger partial charge in [-0.25, -0.2) is 9.59 Å². The monoisotopic (exact) mass is 432 g/mol. The number of carbonyl (C=O) groups excluding carboxylic acids is 1. The molecule has 1 aromatic heterocycles. The number of rotatable bonds is 4. The second-order valence-electron chi connectivity index (χ2n) is 3.97. The molecule has 0 atom stereocenters. The fourth-order valence-corrected chi connectivity index (χ4v) is 3.50. The maximum absolute atomic E-state index is 11.9. The predicted molar refractivity (Wildman–Crippen MR) is 89.0 cm³/mol. The Labute approximate surface area is 141 Å². The summed E-state index contributed by atoms with van der Waals surface area (Å²) in [5, 5.41) is 16.3. The third kappa shape index (κ3) is 4.05. The molecule has 1 heterocycles. The quantitative estimate of drug-likeness (QED) is 0.672. The average Bonchev–Trinajstić information content (AvgIpc) is 2.84. The van der Waals surface area contributed by atoms with Crippen molar-refractivity contribution in [2.45, 2.75) is 6.54 Å². The number of carbonyl (C=O) groups is 2. The Morgan fingerprint density at radius 3 is 2.57 bits per heavy atom. The van der Waals surface area contributed by atoms with Gasteiger partial charge in [0.2, 0.25) is 0 Å². The van der Waals surface area contributed by atoms with Crippen LogP contribution in [0.25, 0.3) is 0 Å². The fourth-order valence-electron chi connectivity index (χ4n) is 1.60. The Morgan fingerprint density at radius 1 is 1.19 bits per heavy atom. The maximum Gasteiger partial charge on any atom is 0.337 e. The summed E-state index contributed by atoms with van der Waals surface area (Å²) in [7, 11) is 0. The summed E-state index contributed by atoms with van der Waals surface area (Å²) in [5.41, 5.74) is 0.254. The number of thiophene rings is 1.